The lowest BCUT2D eigenvalue weighted by Crippen LogP contribution is -2.33. The third-order valence-corrected chi connectivity index (χ3v) is 5.50. The molecule has 1 fully saturated rings. The van der Waals surface area contributed by atoms with Gasteiger partial charge in [-0.3, -0.25) is 0 Å². The molecular formula is C25H51NO6. The van der Waals surface area contributed by atoms with E-state index in [4.69, 9.17) is 28.4 Å². The number of rotatable bonds is 25. The van der Waals surface area contributed by atoms with Crippen molar-refractivity contribution in [3.05, 3.63) is 0 Å². The average molecular weight is 462 g/mol. The van der Waals surface area contributed by atoms with Crippen LogP contribution in [0.25, 0.3) is 0 Å². The van der Waals surface area contributed by atoms with Crippen molar-refractivity contribution in [2.45, 2.75) is 77.2 Å². The van der Waals surface area contributed by atoms with E-state index in [1.165, 1.54) is 44.9 Å². The maximum atomic E-state index is 5.78. The third kappa shape index (κ3) is 21.6. The molecule has 192 valence electrons. The second-order valence-electron chi connectivity index (χ2n) is 8.36. The molecule has 32 heavy (non-hydrogen) atoms. The highest BCUT2D eigenvalue weighted by molar-refractivity contribution is 4.67. The molecule has 0 atom stereocenters. The second-order valence-corrected chi connectivity index (χ2v) is 8.36. The summed E-state index contributed by atoms with van der Waals surface area (Å²) >= 11 is 0. The maximum Gasteiger partial charge on any atom is 0.0704 e. The van der Waals surface area contributed by atoms with Crippen LogP contribution in [0.1, 0.15) is 71.1 Å². The van der Waals surface area contributed by atoms with E-state index in [1.807, 2.05) is 0 Å². The first-order chi connectivity index (χ1) is 15.9. The fraction of sp³-hybridized carbons (Fsp3) is 1.00. The van der Waals surface area contributed by atoms with E-state index >= 15 is 0 Å². The van der Waals surface area contributed by atoms with Crippen LogP contribution >= 0.6 is 0 Å². The van der Waals surface area contributed by atoms with Crippen molar-refractivity contribution in [3.63, 3.8) is 0 Å². The van der Waals surface area contributed by atoms with Crippen LogP contribution in [0, 0.1) is 0 Å². The Bertz CT molecular complexity index is 355. The van der Waals surface area contributed by atoms with Gasteiger partial charge in [-0.25, -0.2) is 0 Å². The molecule has 1 saturated heterocycles. The predicted molar refractivity (Wildman–Crippen MR) is 129 cm³/mol. The molecule has 0 saturated carbocycles. The number of hydrogen-bond acceptors (Lipinski definition) is 7. The Morgan fingerprint density at radius 3 is 1.41 bits per heavy atom. The normalized spacial score (nSPS) is 14.9. The minimum Gasteiger partial charge on any atom is -0.379 e. The Labute approximate surface area is 197 Å². The molecule has 0 aromatic carbocycles. The molecule has 1 aliphatic rings. The minimum atomic E-state index is 0.393. The molecule has 0 aromatic heterocycles. The van der Waals surface area contributed by atoms with Gasteiger partial charge in [0.05, 0.1) is 72.2 Å². The summed E-state index contributed by atoms with van der Waals surface area (Å²) in [6.45, 7) is 11.4. The Morgan fingerprint density at radius 2 is 0.906 bits per heavy atom. The fourth-order valence-electron chi connectivity index (χ4n) is 3.56. The summed E-state index contributed by atoms with van der Waals surface area (Å²) in [6.07, 6.45) is 13.2. The van der Waals surface area contributed by atoms with E-state index < -0.39 is 0 Å². The van der Waals surface area contributed by atoms with Crippen LogP contribution < -0.4 is 5.32 Å². The van der Waals surface area contributed by atoms with Crippen molar-refractivity contribution in [1.29, 1.82) is 0 Å². The largest absolute Gasteiger partial charge is 0.379 e. The van der Waals surface area contributed by atoms with E-state index in [9.17, 15) is 0 Å². The molecule has 0 radical (unpaired) electrons. The number of unbranched alkanes of at least 4 members (excludes halogenated alkanes) is 7. The first kappa shape index (κ1) is 29.8. The first-order valence-electron chi connectivity index (χ1n) is 13.1. The van der Waals surface area contributed by atoms with Gasteiger partial charge >= 0.3 is 0 Å². The molecular weight excluding hydrogens is 410 g/mol. The summed E-state index contributed by atoms with van der Waals surface area (Å²) in [5.74, 6) is 0. The van der Waals surface area contributed by atoms with Crippen molar-refractivity contribution in [2.24, 2.45) is 0 Å². The Kier molecular flexibility index (Phi) is 23.6. The van der Waals surface area contributed by atoms with Crippen LogP contribution in [0.2, 0.25) is 0 Å². The lowest BCUT2D eigenvalue weighted by atomic mass is 10.1. The highest BCUT2D eigenvalue weighted by Crippen LogP contribution is 2.08. The van der Waals surface area contributed by atoms with E-state index in [-0.39, 0.29) is 0 Å². The van der Waals surface area contributed by atoms with Gasteiger partial charge in [0.15, 0.2) is 0 Å². The van der Waals surface area contributed by atoms with E-state index in [2.05, 4.69) is 12.2 Å². The molecule has 1 rings (SSSR count). The Hall–Kier alpha value is -0.280. The molecule has 0 aliphatic carbocycles. The SMILES string of the molecule is CCCCCCCCCCOCCOCCOCCOCCOCCOC1CCNCC1. The standard InChI is InChI=1S/C25H51NO6/c1-2-3-4-5-6-7-8-9-14-27-15-16-28-17-18-29-19-20-30-21-22-31-23-24-32-25-10-12-26-13-11-25/h25-26H,2-24H2,1H3. The summed E-state index contributed by atoms with van der Waals surface area (Å²) in [7, 11) is 0. The van der Waals surface area contributed by atoms with Crippen LogP contribution in [0.5, 0.6) is 0 Å². The maximum absolute atomic E-state index is 5.78. The zero-order chi connectivity index (χ0) is 22.8. The summed E-state index contributed by atoms with van der Waals surface area (Å²) in [4.78, 5) is 0. The summed E-state index contributed by atoms with van der Waals surface area (Å²) in [5, 5.41) is 3.33. The highest BCUT2D eigenvalue weighted by Gasteiger charge is 2.12. The predicted octanol–water partition coefficient (Wildman–Crippen LogP) is 3.98. The smallest absolute Gasteiger partial charge is 0.0704 e. The molecule has 0 bridgehead atoms. The zero-order valence-electron chi connectivity index (χ0n) is 20.8. The van der Waals surface area contributed by atoms with E-state index in [0.717, 1.165) is 39.0 Å². The van der Waals surface area contributed by atoms with Gasteiger partial charge in [0, 0.05) is 6.61 Å². The van der Waals surface area contributed by atoms with Crippen molar-refractivity contribution in [3.8, 4) is 0 Å². The van der Waals surface area contributed by atoms with Crippen LogP contribution in [0.4, 0.5) is 0 Å². The molecule has 1 N–H and O–H groups in total. The third-order valence-electron chi connectivity index (χ3n) is 5.50. The lowest BCUT2D eigenvalue weighted by molar-refractivity contribution is -0.0296. The Morgan fingerprint density at radius 1 is 0.500 bits per heavy atom. The van der Waals surface area contributed by atoms with Gasteiger partial charge < -0.3 is 33.7 Å². The van der Waals surface area contributed by atoms with Crippen LogP contribution in [0.3, 0.4) is 0 Å². The average Bonchev–Trinajstić information content (AvgIpc) is 2.82. The molecule has 0 aromatic rings. The molecule has 7 heteroatoms. The van der Waals surface area contributed by atoms with Gasteiger partial charge in [-0.2, -0.15) is 0 Å². The number of hydrogen-bond donors (Lipinski definition) is 1. The van der Waals surface area contributed by atoms with Crippen LogP contribution in [-0.2, 0) is 28.4 Å². The van der Waals surface area contributed by atoms with Crippen LogP contribution in [-0.4, -0.2) is 91.9 Å². The quantitative estimate of drug-likeness (QED) is 0.206. The molecule has 0 spiro atoms. The molecule has 0 unspecified atom stereocenters. The monoisotopic (exact) mass is 461 g/mol. The molecule has 7 nitrogen and oxygen atoms in total. The van der Waals surface area contributed by atoms with Crippen molar-refractivity contribution < 1.29 is 28.4 Å². The van der Waals surface area contributed by atoms with Gasteiger partial charge in [-0.05, 0) is 32.4 Å². The van der Waals surface area contributed by atoms with Crippen molar-refractivity contribution >= 4 is 0 Å². The number of ether oxygens (including phenoxy) is 6. The summed E-state index contributed by atoms with van der Waals surface area (Å²) in [6, 6.07) is 0. The van der Waals surface area contributed by atoms with Crippen molar-refractivity contribution in [1.82, 2.24) is 5.32 Å². The lowest BCUT2D eigenvalue weighted by Gasteiger charge is -2.22. The van der Waals surface area contributed by atoms with Gasteiger partial charge in [-0.1, -0.05) is 51.9 Å². The summed E-state index contributed by atoms with van der Waals surface area (Å²) < 4.78 is 33.4. The minimum absolute atomic E-state index is 0.393. The number of nitrogens with one attached hydrogen (secondary N) is 1. The topological polar surface area (TPSA) is 67.4 Å². The van der Waals surface area contributed by atoms with Gasteiger partial charge in [0.1, 0.15) is 0 Å². The van der Waals surface area contributed by atoms with E-state index in [1.54, 1.807) is 0 Å². The van der Waals surface area contributed by atoms with E-state index in [0.29, 0.717) is 72.2 Å². The fourth-order valence-corrected chi connectivity index (χ4v) is 3.56. The van der Waals surface area contributed by atoms with Crippen molar-refractivity contribution in [2.75, 3.05) is 85.8 Å². The highest BCUT2D eigenvalue weighted by atomic mass is 16.6. The Balaban J connectivity index is 1.62. The number of piperidine rings is 1. The van der Waals surface area contributed by atoms with Crippen LogP contribution in [0.15, 0.2) is 0 Å². The first-order valence-corrected chi connectivity index (χ1v) is 13.1. The zero-order valence-corrected chi connectivity index (χ0v) is 20.8. The molecule has 1 aliphatic heterocycles. The van der Waals surface area contributed by atoms with Gasteiger partial charge in [0.25, 0.3) is 0 Å². The van der Waals surface area contributed by atoms with Gasteiger partial charge in [-0.15, -0.1) is 0 Å². The molecule has 0 amide bonds. The molecule has 1 heterocycles. The second kappa shape index (κ2) is 25.3. The van der Waals surface area contributed by atoms with Gasteiger partial charge in [0.2, 0.25) is 0 Å². The summed E-state index contributed by atoms with van der Waals surface area (Å²) in [5.41, 5.74) is 0.